The van der Waals surface area contributed by atoms with Crippen molar-refractivity contribution in [1.82, 2.24) is 10.6 Å². The van der Waals surface area contributed by atoms with Gasteiger partial charge < -0.3 is 20.8 Å². The fourth-order valence-electron chi connectivity index (χ4n) is 3.22. The number of carbonyl (C=O) groups is 4. The molecule has 0 aromatic heterocycles. The summed E-state index contributed by atoms with van der Waals surface area (Å²) >= 11 is 0. The zero-order chi connectivity index (χ0) is 22.5. The zero-order valence-electron chi connectivity index (χ0n) is 18.3. The molecule has 2 amide bonds. The molecular weight excluding hydrogens is 388 g/mol. The first kappa shape index (κ1) is 27.9. The minimum absolute atomic E-state index is 0.182. The lowest BCUT2D eigenvalue weighted by Crippen LogP contribution is -2.28. The normalized spacial score (nSPS) is 10.5. The molecule has 30 heavy (non-hydrogen) atoms. The molecule has 8 nitrogen and oxygen atoms in total. The second kappa shape index (κ2) is 20.2. The topological polar surface area (TPSA) is 133 Å². The van der Waals surface area contributed by atoms with Crippen LogP contribution in [0.3, 0.4) is 0 Å². The molecule has 0 unspecified atom stereocenters. The molecule has 0 bridgehead atoms. The van der Waals surface area contributed by atoms with Crippen LogP contribution in [0.15, 0.2) is 0 Å². The number of unbranched alkanes of at least 4 members (excludes halogenated alkanes) is 13. The maximum Gasteiger partial charge on any atom is 0.322 e. The first-order chi connectivity index (χ1) is 14.4. The molecule has 0 fully saturated rings. The van der Waals surface area contributed by atoms with E-state index in [1.165, 1.54) is 51.4 Å². The SMILES string of the molecule is O=C(O)CNC(=O)CCCCCCCCCCCCCCCCC(=O)NCC(=O)O. The summed E-state index contributed by atoms with van der Waals surface area (Å²) in [6.45, 7) is -0.596. The fraction of sp³-hybridized carbons (Fsp3) is 0.818. The largest absolute Gasteiger partial charge is 0.480 e. The van der Waals surface area contributed by atoms with Crippen LogP contribution in [-0.2, 0) is 19.2 Å². The molecule has 0 aromatic carbocycles. The van der Waals surface area contributed by atoms with E-state index in [2.05, 4.69) is 10.6 Å². The van der Waals surface area contributed by atoms with Gasteiger partial charge in [-0.3, -0.25) is 19.2 Å². The average Bonchev–Trinajstić information content (AvgIpc) is 2.70. The lowest BCUT2D eigenvalue weighted by atomic mass is 10.0. The molecule has 0 radical (unpaired) electrons. The van der Waals surface area contributed by atoms with Crippen molar-refractivity contribution in [2.45, 2.75) is 103 Å². The highest BCUT2D eigenvalue weighted by atomic mass is 16.4. The number of amides is 2. The summed E-state index contributed by atoms with van der Waals surface area (Å²) in [6, 6.07) is 0. The van der Waals surface area contributed by atoms with Gasteiger partial charge in [0, 0.05) is 12.8 Å². The van der Waals surface area contributed by atoms with E-state index in [9.17, 15) is 19.2 Å². The summed E-state index contributed by atoms with van der Waals surface area (Å²) in [5.74, 6) is -2.39. The Balaban J connectivity index is 3.19. The van der Waals surface area contributed by atoms with Crippen molar-refractivity contribution in [3.05, 3.63) is 0 Å². The minimum atomic E-state index is -1.01. The predicted octanol–water partition coefficient (Wildman–Crippen LogP) is 3.63. The third-order valence-corrected chi connectivity index (χ3v) is 4.93. The standard InChI is InChI=1S/C22H40N2O6/c25-19(23-17-21(27)28)15-13-11-9-7-5-3-1-2-4-6-8-10-12-14-16-20(26)24-18-22(29)30/h1-18H2,(H,23,25)(H,24,26)(H,27,28)(H,29,30). The Labute approximate surface area is 180 Å². The van der Waals surface area contributed by atoms with Gasteiger partial charge in [0.05, 0.1) is 0 Å². The van der Waals surface area contributed by atoms with Crippen molar-refractivity contribution < 1.29 is 29.4 Å². The van der Waals surface area contributed by atoms with Crippen LogP contribution in [0.1, 0.15) is 103 Å². The van der Waals surface area contributed by atoms with E-state index in [1.807, 2.05) is 0 Å². The fourth-order valence-corrected chi connectivity index (χ4v) is 3.22. The van der Waals surface area contributed by atoms with Crippen LogP contribution in [0.5, 0.6) is 0 Å². The van der Waals surface area contributed by atoms with Crippen molar-refractivity contribution >= 4 is 23.8 Å². The molecule has 174 valence electrons. The van der Waals surface area contributed by atoms with E-state index in [-0.39, 0.29) is 24.9 Å². The van der Waals surface area contributed by atoms with Crippen molar-refractivity contribution in [3.8, 4) is 0 Å². The number of carbonyl (C=O) groups excluding carboxylic acids is 2. The Kier molecular flexibility index (Phi) is 18.7. The Morgan fingerprint density at radius 1 is 0.433 bits per heavy atom. The third kappa shape index (κ3) is 22.2. The highest BCUT2D eigenvalue weighted by Gasteiger charge is 2.04. The molecule has 0 saturated carbocycles. The maximum atomic E-state index is 11.3. The number of nitrogens with one attached hydrogen (secondary N) is 2. The summed E-state index contributed by atoms with van der Waals surface area (Å²) in [4.78, 5) is 43.4. The molecule has 8 heteroatoms. The molecule has 0 saturated heterocycles. The summed E-state index contributed by atoms with van der Waals surface area (Å²) in [7, 11) is 0. The van der Waals surface area contributed by atoms with Crippen LogP contribution in [0.25, 0.3) is 0 Å². The molecule has 0 aliphatic rings. The Morgan fingerprint density at radius 3 is 0.900 bits per heavy atom. The Morgan fingerprint density at radius 2 is 0.667 bits per heavy atom. The second-order valence-electron chi connectivity index (χ2n) is 7.79. The van der Waals surface area contributed by atoms with Crippen LogP contribution in [0, 0.1) is 0 Å². The van der Waals surface area contributed by atoms with Gasteiger partial charge >= 0.3 is 11.9 Å². The van der Waals surface area contributed by atoms with Crippen LogP contribution in [-0.4, -0.2) is 47.1 Å². The monoisotopic (exact) mass is 428 g/mol. The quantitative estimate of drug-likeness (QED) is 0.206. The number of hydrogen-bond acceptors (Lipinski definition) is 4. The van der Waals surface area contributed by atoms with Gasteiger partial charge in [0.1, 0.15) is 13.1 Å². The molecule has 0 atom stereocenters. The van der Waals surface area contributed by atoms with Crippen molar-refractivity contribution in [2.24, 2.45) is 0 Å². The van der Waals surface area contributed by atoms with Gasteiger partial charge in [0.25, 0.3) is 0 Å². The first-order valence-corrected chi connectivity index (χ1v) is 11.4. The number of hydrogen-bond donors (Lipinski definition) is 4. The molecule has 0 aromatic rings. The van der Waals surface area contributed by atoms with Gasteiger partial charge in [0.15, 0.2) is 0 Å². The van der Waals surface area contributed by atoms with Crippen LogP contribution >= 0.6 is 0 Å². The lowest BCUT2D eigenvalue weighted by molar-refractivity contribution is -0.138. The average molecular weight is 429 g/mol. The van der Waals surface area contributed by atoms with Gasteiger partial charge in [-0.1, -0.05) is 77.0 Å². The predicted molar refractivity (Wildman–Crippen MR) is 115 cm³/mol. The lowest BCUT2D eigenvalue weighted by Gasteiger charge is -2.04. The van der Waals surface area contributed by atoms with Gasteiger partial charge in [0.2, 0.25) is 11.8 Å². The van der Waals surface area contributed by atoms with Gasteiger partial charge in [-0.2, -0.15) is 0 Å². The Bertz CT molecular complexity index is 452. The highest BCUT2D eigenvalue weighted by molar-refractivity contribution is 5.81. The van der Waals surface area contributed by atoms with Gasteiger partial charge in [-0.15, -0.1) is 0 Å². The van der Waals surface area contributed by atoms with Crippen LogP contribution < -0.4 is 10.6 Å². The summed E-state index contributed by atoms with van der Waals surface area (Å²) in [5, 5.41) is 21.7. The number of carboxylic acids is 2. The molecule has 4 N–H and O–H groups in total. The number of aliphatic carboxylic acids is 2. The molecule has 0 heterocycles. The number of rotatable bonds is 21. The highest BCUT2D eigenvalue weighted by Crippen LogP contribution is 2.13. The molecule has 0 aliphatic heterocycles. The van der Waals surface area contributed by atoms with Crippen molar-refractivity contribution in [3.63, 3.8) is 0 Å². The second-order valence-corrected chi connectivity index (χ2v) is 7.79. The number of carboxylic acid groups (broad SMARTS) is 2. The summed E-state index contributed by atoms with van der Waals surface area (Å²) < 4.78 is 0. The molecule has 0 aliphatic carbocycles. The van der Waals surface area contributed by atoms with E-state index in [4.69, 9.17) is 10.2 Å². The summed E-state index contributed by atoms with van der Waals surface area (Å²) in [6.07, 6.45) is 16.6. The van der Waals surface area contributed by atoms with E-state index in [1.54, 1.807) is 0 Å². The van der Waals surface area contributed by atoms with Gasteiger partial charge in [-0.05, 0) is 12.8 Å². The van der Waals surface area contributed by atoms with Crippen LogP contribution in [0.2, 0.25) is 0 Å². The summed E-state index contributed by atoms with van der Waals surface area (Å²) in [5.41, 5.74) is 0. The smallest absolute Gasteiger partial charge is 0.322 e. The third-order valence-electron chi connectivity index (χ3n) is 4.93. The first-order valence-electron chi connectivity index (χ1n) is 11.4. The maximum absolute atomic E-state index is 11.3. The zero-order valence-corrected chi connectivity index (χ0v) is 18.3. The molecule has 0 spiro atoms. The molecule has 0 rings (SSSR count). The van der Waals surface area contributed by atoms with Crippen LogP contribution in [0.4, 0.5) is 0 Å². The Hall–Kier alpha value is -2.12. The molecular formula is C22H40N2O6. The van der Waals surface area contributed by atoms with Gasteiger partial charge in [-0.25, -0.2) is 0 Å². The van der Waals surface area contributed by atoms with E-state index >= 15 is 0 Å². The van der Waals surface area contributed by atoms with E-state index in [0.717, 1.165) is 38.5 Å². The van der Waals surface area contributed by atoms with Crippen molar-refractivity contribution in [2.75, 3.05) is 13.1 Å². The van der Waals surface area contributed by atoms with E-state index in [0.29, 0.717) is 12.8 Å². The van der Waals surface area contributed by atoms with Crippen molar-refractivity contribution in [1.29, 1.82) is 0 Å². The minimum Gasteiger partial charge on any atom is -0.480 e. The van der Waals surface area contributed by atoms with E-state index < -0.39 is 11.9 Å².